The van der Waals surface area contributed by atoms with Gasteiger partial charge in [0.1, 0.15) is 11.2 Å². The largest absolute Gasteiger partial charge is 0.456 e. The van der Waals surface area contributed by atoms with Gasteiger partial charge in [0, 0.05) is 33.5 Å². The van der Waals surface area contributed by atoms with Crippen LogP contribution >= 0.6 is 0 Å². The van der Waals surface area contributed by atoms with E-state index < -0.39 is 0 Å². The predicted octanol–water partition coefficient (Wildman–Crippen LogP) is 13.6. The van der Waals surface area contributed by atoms with Crippen molar-refractivity contribution in [3.63, 3.8) is 0 Å². The maximum Gasteiger partial charge on any atom is 0.164 e. The fraction of sp³-hybridized carbons (Fsp3) is 0. The summed E-state index contributed by atoms with van der Waals surface area (Å²) in [6.07, 6.45) is 0. The summed E-state index contributed by atoms with van der Waals surface area (Å²) in [5.74, 6) is 1.91. The average molecular weight is 719 g/mol. The quantitative estimate of drug-likeness (QED) is 0.157. The molecular weight excluding hydrogens is 685 g/mol. The van der Waals surface area contributed by atoms with Crippen LogP contribution in [0, 0.1) is 0 Å². The summed E-state index contributed by atoms with van der Waals surface area (Å²) in [6.45, 7) is 0. The van der Waals surface area contributed by atoms with Gasteiger partial charge in [0.25, 0.3) is 0 Å². The van der Waals surface area contributed by atoms with Crippen molar-refractivity contribution in [2.75, 3.05) is 4.90 Å². The summed E-state index contributed by atoms with van der Waals surface area (Å²) in [7, 11) is 0. The molecule has 0 spiro atoms. The molecular formula is C51H34N4O. The van der Waals surface area contributed by atoms with Crippen LogP contribution < -0.4 is 4.90 Å². The van der Waals surface area contributed by atoms with Crippen molar-refractivity contribution >= 4 is 39.0 Å². The number of anilines is 3. The molecule has 0 aliphatic carbocycles. The van der Waals surface area contributed by atoms with Gasteiger partial charge in [0.05, 0.1) is 11.1 Å². The number of hydrogen-bond acceptors (Lipinski definition) is 5. The smallest absolute Gasteiger partial charge is 0.164 e. The second-order valence-electron chi connectivity index (χ2n) is 13.7. The van der Waals surface area contributed by atoms with Crippen molar-refractivity contribution in [2.24, 2.45) is 0 Å². The molecule has 0 amide bonds. The molecule has 0 saturated heterocycles. The minimum atomic E-state index is 0.627. The second-order valence-corrected chi connectivity index (χ2v) is 13.7. The Morgan fingerprint density at radius 1 is 0.321 bits per heavy atom. The fourth-order valence-corrected chi connectivity index (χ4v) is 7.36. The third-order valence-electron chi connectivity index (χ3n) is 10.1. The van der Waals surface area contributed by atoms with Gasteiger partial charge in [-0.15, -0.1) is 0 Å². The minimum absolute atomic E-state index is 0.627. The van der Waals surface area contributed by atoms with Crippen molar-refractivity contribution < 1.29 is 4.42 Å². The van der Waals surface area contributed by atoms with Crippen LogP contribution in [0.3, 0.4) is 0 Å². The molecule has 10 rings (SSSR count). The topological polar surface area (TPSA) is 55.1 Å². The normalized spacial score (nSPS) is 11.2. The lowest BCUT2D eigenvalue weighted by Crippen LogP contribution is -2.10. The lowest BCUT2D eigenvalue weighted by molar-refractivity contribution is 0.669. The minimum Gasteiger partial charge on any atom is -0.456 e. The highest BCUT2D eigenvalue weighted by Crippen LogP contribution is 2.44. The summed E-state index contributed by atoms with van der Waals surface area (Å²) < 4.78 is 6.60. The van der Waals surface area contributed by atoms with Crippen LogP contribution in [-0.2, 0) is 0 Å². The van der Waals surface area contributed by atoms with Gasteiger partial charge in [-0.25, -0.2) is 15.0 Å². The standard InChI is InChI=1S/C51H34N4O/c1-5-14-35(15-6-1)36-28-31-43(32-29-36)55(42-20-11-4-12-21-42)45-22-13-23-46-48(45)44-33-30-41(34-47(44)56-46)37-24-26-40(27-25-37)51-53-49(38-16-7-2-8-17-38)52-50(54-51)39-18-9-3-10-19-39/h1-34H. The highest BCUT2D eigenvalue weighted by molar-refractivity contribution is 6.14. The first-order valence-corrected chi connectivity index (χ1v) is 18.7. The van der Waals surface area contributed by atoms with Gasteiger partial charge in [-0.2, -0.15) is 0 Å². The van der Waals surface area contributed by atoms with Crippen molar-refractivity contribution in [3.05, 3.63) is 206 Å². The van der Waals surface area contributed by atoms with E-state index in [1.165, 1.54) is 11.1 Å². The number of furan rings is 1. The molecule has 0 radical (unpaired) electrons. The lowest BCUT2D eigenvalue weighted by atomic mass is 10.0. The molecule has 0 aliphatic rings. The molecule has 56 heavy (non-hydrogen) atoms. The SMILES string of the molecule is c1ccc(-c2ccc(N(c3ccccc3)c3cccc4oc5cc(-c6ccc(-c7nc(-c8ccccc8)nc(-c8ccccc8)n7)cc6)ccc5c34)cc2)cc1. The molecule has 5 heteroatoms. The highest BCUT2D eigenvalue weighted by Gasteiger charge is 2.20. The number of nitrogens with zero attached hydrogens (tertiary/aromatic N) is 4. The van der Waals surface area contributed by atoms with E-state index >= 15 is 0 Å². The molecule has 5 nitrogen and oxygen atoms in total. The third-order valence-corrected chi connectivity index (χ3v) is 10.1. The first-order valence-electron chi connectivity index (χ1n) is 18.7. The Hall–Kier alpha value is -7.63. The first-order chi connectivity index (χ1) is 27.7. The van der Waals surface area contributed by atoms with Crippen LogP contribution in [0.15, 0.2) is 211 Å². The van der Waals surface area contributed by atoms with E-state index in [-0.39, 0.29) is 0 Å². The molecule has 0 saturated carbocycles. The Morgan fingerprint density at radius 2 is 0.750 bits per heavy atom. The number of hydrogen-bond donors (Lipinski definition) is 0. The predicted molar refractivity (Wildman–Crippen MR) is 229 cm³/mol. The van der Waals surface area contributed by atoms with E-state index in [2.05, 4.69) is 144 Å². The Morgan fingerprint density at radius 3 is 1.34 bits per heavy atom. The number of rotatable bonds is 8. The molecule has 0 fully saturated rings. The van der Waals surface area contributed by atoms with E-state index in [1.807, 2.05) is 66.7 Å². The zero-order valence-electron chi connectivity index (χ0n) is 30.3. The Balaban J connectivity index is 1.02. The molecule has 2 aromatic heterocycles. The van der Waals surface area contributed by atoms with E-state index in [4.69, 9.17) is 19.4 Å². The van der Waals surface area contributed by atoms with Crippen LogP contribution in [-0.4, -0.2) is 15.0 Å². The molecule has 2 heterocycles. The summed E-state index contributed by atoms with van der Waals surface area (Å²) in [5, 5.41) is 2.13. The van der Waals surface area contributed by atoms with Crippen molar-refractivity contribution in [1.82, 2.24) is 15.0 Å². The lowest BCUT2D eigenvalue weighted by Gasteiger charge is -2.26. The maximum atomic E-state index is 6.60. The molecule has 0 unspecified atom stereocenters. The number of aromatic nitrogens is 3. The van der Waals surface area contributed by atoms with Gasteiger partial charge in [0.15, 0.2) is 17.5 Å². The summed E-state index contributed by atoms with van der Waals surface area (Å²) >= 11 is 0. The van der Waals surface area contributed by atoms with E-state index in [9.17, 15) is 0 Å². The van der Waals surface area contributed by atoms with Gasteiger partial charge in [-0.3, -0.25) is 0 Å². The zero-order valence-corrected chi connectivity index (χ0v) is 30.3. The third kappa shape index (κ3) is 6.27. The molecule has 0 aliphatic heterocycles. The summed E-state index contributed by atoms with van der Waals surface area (Å²) in [4.78, 5) is 17.0. The molecule has 10 aromatic rings. The molecule has 264 valence electrons. The van der Waals surface area contributed by atoms with Gasteiger partial charge >= 0.3 is 0 Å². The first kappa shape index (κ1) is 33.0. The van der Waals surface area contributed by atoms with Crippen molar-refractivity contribution in [2.45, 2.75) is 0 Å². The Bertz CT molecular complexity index is 2870. The fourth-order valence-electron chi connectivity index (χ4n) is 7.36. The summed E-state index contributed by atoms with van der Waals surface area (Å²) in [5.41, 5.74) is 12.2. The van der Waals surface area contributed by atoms with Gasteiger partial charge in [0.2, 0.25) is 0 Å². The van der Waals surface area contributed by atoms with Crippen LogP contribution in [0.25, 0.3) is 78.4 Å². The monoisotopic (exact) mass is 718 g/mol. The Kier molecular flexibility index (Phi) is 8.43. The molecule has 8 aromatic carbocycles. The van der Waals surface area contributed by atoms with Gasteiger partial charge in [-0.1, -0.05) is 158 Å². The summed E-state index contributed by atoms with van der Waals surface area (Å²) in [6, 6.07) is 71.0. The molecule has 0 N–H and O–H groups in total. The van der Waals surface area contributed by atoms with E-state index in [0.29, 0.717) is 17.5 Å². The van der Waals surface area contributed by atoms with Crippen molar-refractivity contribution in [1.29, 1.82) is 0 Å². The average Bonchev–Trinajstić information content (AvgIpc) is 3.67. The van der Waals surface area contributed by atoms with Gasteiger partial charge < -0.3 is 9.32 Å². The maximum absolute atomic E-state index is 6.60. The van der Waals surface area contributed by atoms with Crippen LogP contribution in [0.2, 0.25) is 0 Å². The number of fused-ring (bicyclic) bond motifs is 3. The second kappa shape index (κ2) is 14.3. The van der Waals surface area contributed by atoms with Crippen molar-refractivity contribution in [3.8, 4) is 56.4 Å². The number of para-hydroxylation sites is 1. The van der Waals surface area contributed by atoms with E-state index in [0.717, 1.165) is 66.8 Å². The molecule has 0 bridgehead atoms. The zero-order chi connectivity index (χ0) is 37.3. The number of benzene rings is 8. The van der Waals surface area contributed by atoms with Crippen LogP contribution in [0.5, 0.6) is 0 Å². The molecule has 0 atom stereocenters. The van der Waals surface area contributed by atoms with Gasteiger partial charge in [-0.05, 0) is 70.8 Å². The van der Waals surface area contributed by atoms with Crippen LogP contribution in [0.4, 0.5) is 17.1 Å². The van der Waals surface area contributed by atoms with E-state index in [1.54, 1.807) is 0 Å². The highest BCUT2D eigenvalue weighted by atomic mass is 16.3. The van der Waals surface area contributed by atoms with Crippen LogP contribution in [0.1, 0.15) is 0 Å². The Labute approximate surface area is 324 Å².